The van der Waals surface area contributed by atoms with Gasteiger partial charge in [0.15, 0.2) is 11.5 Å². The fourth-order valence-corrected chi connectivity index (χ4v) is 3.40. The molecule has 1 saturated heterocycles. The average molecular weight is 358 g/mol. The van der Waals surface area contributed by atoms with E-state index >= 15 is 0 Å². The molecule has 3 rings (SSSR count). The highest BCUT2D eigenvalue weighted by molar-refractivity contribution is 5.78. The zero-order valence-electron chi connectivity index (χ0n) is 15.4. The van der Waals surface area contributed by atoms with E-state index in [1.54, 1.807) is 20.5 Å². The number of carbonyl (C=O) groups is 1. The molecule has 0 spiro atoms. The van der Waals surface area contributed by atoms with Crippen LogP contribution in [0.25, 0.3) is 0 Å². The molecule has 1 N–H and O–H groups in total. The molecular weight excluding hydrogens is 332 g/mol. The molecule has 1 aliphatic rings. The summed E-state index contributed by atoms with van der Waals surface area (Å²) in [6, 6.07) is 9.63. The molecule has 0 aliphatic carbocycles. The van der Waals surface area contributed by atoms with E-state index in [1.165, 1.54) is 0 Å². The highest BCUT2D eigenvalue weighted by Gasteiger charge is 2.25. The standard InChI is InChI=1S/C20H26N2O4/c1-24-18-7-3-5-16(19(18)25-2)14-22-10-8-15(9-11-22)20(23)21-13-17-6-4-12-26-17/h3-7,12,15H,8-11,13-14H2,1-2H3,(H,21,23). The maximum atomic E-state index is 12.3. The van der Waals surface area contributed by atoms with E-state index in [9.17, 15) is 4.79 Å². The molecule has 1 aromatic carbocycles. The van der Waals surface area contributed by atoms with Crippen molar-refractivity contribution < 1.29 is 18.7 Å². The van der Waals surface area contributed by atoms with Crippen molar-refractivity contribution in [3.05, 3.63) is 47.9 Å². The lowest BCUT2D eigenvalue weighted by molar-refractivity contribution is -0.126. The van der Waals surface area contributed by atoms with Gasteiger partial charge in [0.1, 0.15) is 5.76 Å². The summed E-state index contributed by atoms with van der Waals surface area (Å²) in [5.74, 6) is 2.49. The van der Waals surface area contributed by atoms with E-state index in [4.69, 9.17) is 13.9 Å². The summed E-state index contributed by atoms with van der Waals surface area (Å²) in [5.41, 5.74) is 1.10. The van der Waals surface area contributed by atoms with Crippen LogP contribution in [0.5, 0.6) is 11.5 Å². The molecule has 0 saturated carbocycles. The number of likely N-dealkylation sites (tertiary alicyclic amines) is 1. The van der Waals surface area contributed by atoms with Crippen LogP contribution >= 0.6 is 0 Å². The van der Waals surface area contributed by atoms with Crippen molar-refractivity contribution in [2.45, 2.75) is 25.9 Å². The Morgan fingerprint density at radius 1 is 1.19 bits per heavy atom. The van der Waals surface area contributed by atoms with Crippen molar-refractivity contribution in [2.75, 3.05) is 27.3 Å². The largest absolute Gasteiger partial charge is 0.493 e. The van der Waals surface area contributed by atoms with E-state index in [1.807, 2.05) is 24.3 Å². The van der Waals surface area contributed by atoms with Gasteiger partial charge in [0.25, 0.3) is 0 Å². The SMILES string of the molecule is COc1cccc(CN2CCC(C(=O)NCc3ccco3)CC2)c1OC. The van der Waals surface area contributed by atoms with E-state index < -0.39 is 0 Å². The Morgan fingerprint density at radius 2 is 2.00 bits per heavy atom. The Labute approximate surface area is 154 Å². The summed E-state index contributed by atoms with van der Waals surface area (Å²) >= 11 is 0. The number of amides is 1. The van der Waals surface area contributed by atoms with Gasteiger partial charge in [0, 0.05) is 18.0 Å². The molecule has 26 heavy (non-hydrogen) atoms. The van der Waals surface area contributed by atoms with Gasteiger partial charge in [-0.25, -0.2) is 0 Å². The summed E-state index contributed by atoms with van der Waals surface area (Å²) in [6.07, 6.45) is 3.33. The number of nitrogens with zero attached hydrogens (tertiary/aromatic N) is 1. The van der Waals surface area contributed by atoms with Crippen molar-refractivity contribution in [3.8, 4) is 11.5 Å². The van der Waals surface area contributed by atoms with Crippen molar-refractivity contribution >= 4 is 5.91 Å². The van der Waals surface area contributed by atoms with Crippen LogP contribution in [0, 0.1) is 5.92 Å². The zero-order valence-corrected chi connectivity index (χ0v) is 15.4. The normalized spacial score (nSPS) is 15.6. The summed E-state index contributed by atoms with van der Waals surface area (Å²) in [4.78, 5) is 14.7. The number of carbonyl (C=O) groups excluding carboxylic acids is 1. The Hall–Kier alpha value is -2.47. The molecular formula is C20H26N2O4. The molecule has 2 heterocycles. The van der Waals surface area contributed by atoms with Crippen LogP contribution in [0.3, 0.4) is 0 Å². The predicted octanol–water partition coefficient (Wildman–Crippen LogP) is 2.83. The molecule has 6 heteroatoms. The minimum atomic E-state index is 0.0633. The molecule has 0 bridgehead atoms. The minimum absolute atomic E-state index is 0.0633. The number of benzene rings is 1. The summed E-state index contributed by atoms with van der Waals surface area (Å²) in [6.45, 7) is 3.02. The highest BCUT2D eigenvalue weighted by atomic mass is 16.5. The second-order valence-electron chi connectivity index (χ2n) is 6.50. The number of para-hydroxylation sites is 1. The molecule has 0 radical (unpaired) electrons. The smallest absolute Gasteiger partial charge is 0.223 e. The van der Waals surface area contributed by atoms with E-state index in [0.29, 0.717) is 6.54 Å². The maximum Gasteiger partial charge on any atom is 0.223 e. The van der Waals surface area contributed by atoms with E-state index in [-0.39, 0.29) is 11.8 Å². The monoisotopic (exact) mass is 358 g/mol. The molecule has 6 nitrogen and oxygen atoms in total. The lowest BCUT2D eigenvalue weighted by Crippen LogP contribution is -2.40. The van der Waals surface area contributed by atoms with Crippen LogP contribution in [0.15, 0.2) is 41.0 Å². The summed E-state index contributed by atoms with van der Waals surface area (Å²) in [5, 5.41) is 2.96. The van der Waals surface area contributed by atoms with Crippen molar-refractivity contribution in [1.29, 1.82) is 0 Å². The lowest BCUT2D eigenvalue weighted by atomic mass is 9.95. The summed E-state index contributed by atoms with van der Waals surface area (Å²) in [7, 11) is 3.31. The Bertz CT molecular complexity index is 707. The highest BCUT2D eigenvalue weighted by Crippen LogP contribution is 2.32. The topological polar surface area (TPSA) is 63.9 Å². The first-order valence-corrected chi connectivity index (χ1v) is 8.93. The van der Waals surface area contributed by atoms with Gasteiger partial charge in [-0.3, -0.25) is 9.69 Å². The number of methoxy groups -OCH3 is 2. The molecule has 140 valence electrons. The van der Waals surface area contributed by atoms with Crippen molar-refractivity contribution in [2.24, 2.45) is 5.92 Å². The Kier molecular flexibility index (Phi) is 6.17. The van der Waals surface area contributed by atoms with E-state index in [2.05, 4.69) is 16.3 Å². The number of hydrogen-bond acceptors (Lipinski definition) is 5. The predicted molar refractivity (Wildman–Crippen MR) is 98.1 cm³/mol. The third-order valence-electron chi connectivity index (χ3n) is 4.85. The number of furan rings is 1. The molecule has 2 aromatic rings. The number of ether oxygens (including phenoxy) is 2. The van der Waals surface area contributed by atoms with Crippen LogP contribution in [0.1, 0.15) is 24.2 Å². The van der Waals surface area contributed by atoms with Crippen LogP contribution in [-0.4, -0.2) is 38.1 Å². The quantitative estimate of drug-likeness (QED) is 0.825. The van der Waals surface area contributed by atoms with Gasteiger partial charge in [-0.15, -0.1) is 0 Å². The molecule has 0 atom stereocenters. The van der Waals surface area contributed by atoms with Gasteiger partial charge in [0.2, 0.25) is 5.91 Å². The maximum absolute atomic E-state index is 12.3. The number of piperidine rings is 1. The molecule has 1 aromatic heterocycles. The fourth-order valence-electron chi connectivity index (χ4n) is 3.40. The van der Waals surface area contributed by atoms with Crippen LogP contribution in [-0.2, 0) is 17.9 Å². The van der Waals surface area contributed by atoms with Crippen molar-refractivity contribution in [3.63, 3.8) is 0 Å². The average Bonchev–Trinajstić information content (AvgIpc) is 3.20. The van der Waals surface area contributed by atoms with Gasteiger partial charge in [-0.2, -0.15) is 0 Å². The zero-order chi connectivity index (χ0) is 18.4. The first-order chi connectivity index (χ1) is 12.7. The van der Waals surface area contributed by atoms with E-state index in [0.717, 1.165) is 55.3 Å². The van der Waals surface area contributed by atoms with Gasteiger partial charge >= 0.3 is 0 Å². The van der Waals surface area contributed by atoms with Gasteiger partial charge < -0.3 is 19.2 Å². The minimum Gasteiger partial charge on any atom is -0.493 e. The number of hydrogen-bond donors (Lipinski definition) is 1. The van der Waals surface area contributed by atoms with Gasteiger partial charge in [0.05, 0.1) is 27.0 Å². The van der Waals surface area contributed by atoms with Gasteiger partial charge in [-0.05, 0) is 44.1 Å². The Balaban J connectivity index is 1.50. The third kappa shape index (κ3) is 4.38. The molecule has 1 fully saturated rings. The second kappa shape index (κ2) is 8.76. The van der Waals surface area contributed by atoms with Crippen molar-refractivity contribution in [1.82, 2.24) is 10.2 Å². The third-order valence-corrected chi connectivity index (χ3v) is 4.85. The first-order valence-electron chi connectivity index (χ1n) is 8.93. The molecule has 0 unspecified atom stereocenters. The summed E-state index contributed by atoms with van der Waals surface area (Å²) < 4.78 is 16.1. The van der Waals surface area contributed by atoms with Crippen LogP contribution in [0.4, 0.5) is 0 Å². The van der Waals surface area contributed by atoms with Crippen LogP contribution in [0.2, 0.25) is 0 Å². The molecule has 1 amide bonds. The van der Waals surface area contributed by atoms with Gasteiger partial charge in [-0.1, -0.05) is 12.1 Å². The second-order valence-corrected chi connectivity index (χ2v) is 6.50. The fraction of sp³-hybridized carbons (Fsp3) is 0.450. The number of rotatable bonds is 7. The lowest BCUT2D eigenvalue weighted by Gasteiger charge is -2.31. The molecule has 1 aliphatic heterocycles. The first kappa shape index (κ1) is 18.3. The number of nitrogens with one attached hydrogen (secondary N) is 1. The Morgan fingerprint density at radius 3 is 2.65 bits per heavy atom. The van der Waals surface area contributed by atoms with Crippen LogP contribution < -0.4 is 14.8 Å².